The predicted molar refractivity (Wildman–Crippen MR) is 96.3 cm³/mol. The molecule has 1 amide bonds. The predicted octanol–water partition coefficient (Wildman–Crippen LogP) is 3.24. The second-order valence-corrected chi connectivity index (χ2v) is 8.03. The van der Waals surface area contributed by atoms with Crippen LogP contribution in [0.1, 0.15) is 52.5 Å². The van der Waals surface area contributed by atoms with Crippen LogP contribution >= 0.6 is 0 Å². The van der Waals surface area contributed by atoms with E-state index in [0.29, 0.717) is 19.3 Å². The Kier molecular flexibility index (Phi) is 5.88. The van der Waals surface area contributed by atoms with Gasteiger partial charge in [-0.1, -0.05) is 30.3 Å². The Morgan fingerprint density at radius 3 is 2.44 bits per heavy atom. The number of ether oxygens (including phenoxy) is 1. The van der Waals surface area contributed by atoms with Gasteiger partial charge in [-0.25, -0.2) is 4.79 Å². The summed E-state index contributed by atoms with van der Waals surface area (Å²) in [5.74, 6) is -0.398. The molecule has 0 saturated heterocycles. The zero-order valence-electron chi connectivity index (χ0n) is 15.5. The fraction of sp³-hybridized carbons (Fsp3) is 0.600. The van der Waals surface area contributed by atoms with Gasteiger partial charge in [0, 0.05) is 12.3 Å². The monoisotopic (exact) mass is 347 g/mol. The highest BCUT2D eigenvalue weighted by atomic mass is 16.6. The van der Waals surface area contributed by atoms with Gasteiger partial charge in [-0.05, 0) is 52.5 Å². The number of carbonyl (C=O) groups excluding carboxylic acids is 2. The third kappa shape index (κ3) is 5.30. The fourth-order valence-electron chi connectivity index (χ4n) is 3.38. The van der Waals surface area contributed by atoms with E-state index < -0.39 is 29.3 Å². The number of rotatable bonds is 5. The zero-order valence-corrected chi connectivity index (χ0v) is 15.5. The number of ketones is 1. The SMILES string of the molecule is CC(C)(C)OC(=O)N[C@@H](Cc1ccccc1)C(C)(O)C1CCCC1=O. The first kappa shape index (κ1) is 19.4. The lowest BCUT2D eigenvalue weighted by Gasteiger charge is -2.38. The van der Waals surface area contributed by atoms with Crippen molar-refractivity contribution in [2.45, 2.75) is 70.6 Å². The van der Waals surface area contributed by atoms with E-state index in [-0.39, 0.29) is 5.78 Å². The number of benzene rings is 1. The average Bonchev–Trinajstić information content (AvgIpc) is 2.92. The van der Waals surface area contributed by atoms with Crippen molar-refractivity contribution in [2.24, 2.45) is 5.92 Å². The van der Waals surface area contributed by atoms with Crippen molar-refractivity contribution in [3.63, 3.8) is 0 Å². The number of amides is 1. The maximum Gasteiger partial charge on any atom is 0.407 e. The number of alkyl carbamates (subject to hydrolysis) is 1. The molecule has 138 valence electrons. The first-order chi connectivity index (χ1) is 11.6. The molecule has 1 saturated carbocycles. The fourth-order valence-corrected chi connectivity index (χ4v) is 3.38. The molecule has 1 aliphatic rings. The Bertz CT molecular complexity index is 604. The van der Waals surface area contributed by atoms with E-state index in [1.165, 1.54) is 0 Å². The number of hydrogen-bond acceptors (Lipinski definition) is 4. The zero-order chi connectivity index (χ0) is 18.7. The molecule has 3 atom stereocenters. The molecule has 1 aromatic rings. The molecular formula is C20H29NO4. The summed E-state index contributed by atoms with van der Waals surface area (Å²) >= 11 is 0. The highest BCUT2D eigenvalue weighted by Gasteiger charge is 2.46. The third-order valence-electron chi connectivity index (χ3n) is 4.69. The van der Waals surface area contributed by atoms with Crippen LogP contribution in [-0.4, -0.2) is 34.2 Å². The summed E-state index contributed by atoms with van der Waals surface area (Å²) in [7, 11) is 0. The Labute approximate surface area is 149 Å². The van der Waals surface area contributed by atoms with Gasteiger partial charge in [0.1, 0.15) is 11.4 Å². The van der Waals surface area contributed by atoms with E-state index in [4.69, 9.17) is 4.74 Å². The maximum absolute atomic E-state index is 12.3. The Balaban J connectivity index is 2.21. The molecule has 0 aromatic heterocycles. The molecule has 2 N–H and O–H groups in total. The van der Waals surface area contributed by atoms with Crippen LogP contribution in [0.15, 0.2) is 30.3 Å². The Morgan fingerprint density at radius 2 is 1.92 bits per heavy atom. The van der Waals surface area contributed by atoms with Crippen LogP contribution in [0.25, 0.3) is 0 Å². The topological polar surface area (TPSA) is 75.6 Å². The minimum Gasteiger partial charge on any atom is -0.444 e. The summed E-state index contributed by atoms with van der Waals surface area (Å²) in [6, 6.07) is 9.01. The average molecular weight is 347 g/mol. The quantitative estimate of drug-likeness (QED) is 0.857. The summed E-state index contributed by atoms with van der Waals surface area (Å²) in [5, 5.41) is 14.0. The first-order valence-electron chi connectivity index (χ1n) is 8.88. The van der Waals surface area contributed by atoms with E-state index in [2.05, 4.69) is 5.32 Å². The van der Waals surface area contributed by atoms with Crippen LogP contribution in [0.4, 0.5) is 4.79 Å². The standard InChI is InChI=1S/C20H29NO4/c1-19(2,3)25-18(23)21-17(13-14-9-6-5-7-10-14)20(4,24)15-11-8-12-16(15)22/h5-7,9-10,15,17,24H,8,11-13H2,1-4H3,(H,21,23)/t15?,17-,20?/m0/s1. The van der Waals surface area contributed by atoms with Gasteiger partial charge in [-0.3, -0.25) is 4.79 Å². The van der Waals surface area contributed by atoms with Crippen molar-refractivity contribution in [1.29, 1.82) is 0 Å². The summed E-state index contributed by atoms with van der Waals surface area (Å²) in [6.07, 6.45) is 1.76. The second-order valence-electron chi connectivity index (χ2n) is 8.03. The lowest BCUT2D eigenvalue weighted by molar-refractivity contribution is -0.130. The maximum atomic E-state index is 12.3. The van der Waals surface area contributed by atoms with E-state index >= 15 is 0 Å². The van der Waals surface area contributed by atoms with Crippen LogP contribution in [-0.2, 0) is 16.0 Å². The van der Waals surface area contributed by atoms with Crippen LogP contribution in [0.5, 0.6) is 0 Å². The minimum absolute atomic E-state index is 0.0639. The molecule has 1 aliphatic carbocycles. The summed E-state index contributed by atoms with van der Waals surface area (Å²) < 4.78 is 5.34. The van der Waals surface area contributed by atoms with E-state index in [1.807, 2.05) is 30.3 Å². The number of carbonyl (C=O) groups is 2. The Morgan fingerprint density at radius 1 is 1.28 bits per heavy atom. The van der Waals surface area contributed by atoms with E-state index in [9.17, 15) is 14.7 Å². The molecule has 25 heavy (non-hydrogen) atoms. The van der Waals surface area contributed by atoms with Crippen molar-refractivity contribution in [3.05, 3.63) is 35.9 Å². The normalized spacial score (nSPS) is 21.5. The molecule has 1 aromatic carbocycles. The minimum atomic E-state index is -1.33. The largest absolute Gasteiger partial charge is 0.444 e. The van der Waals surface area contributed by atoms with Gasteiger partial charge in [0.15, 0.2) is 0 Å². The molecule has 0 bridgehead atoms. The molecule has 5 heteroatoms. The number of aliphatic hydroxyl groups is 1. The summed E-state index contributed by atoms with van der Waals surface area (Å²) in [6.45, 7) is 7.01. The molecule has 0 spiro atoms. The van der Waals surface area contributed by atoms with Gasteiger partial charge in [-0.2, -0.15) is 0 Å². The van der Waals surface area contributed by atoms with Crippen molar-refractivity contribution in [2.75, 3.05) is 0 Å². The number of Topliss-reactive ketones (excluding diaryl/α,β-unsaturated/α-hetero) is 1. The van der Waals surface area contributed by atoms with E-state index in [0.717, 1.165) is 12.0 Å². The molecule has 0 radical (unpaired) electrons. The van der Waals surface area contributed by atoms with Gasteiger partial charge < -0.3 is 15.2 Å². The third-order valence-corrected chi connectivity index (χ3v) is 4.69. The van der Waals surface area contributed by atoms with E-state index in [1.54, 1.807) is 27.7 Å². The van der Waals surface area contributed by atoms with Crippen LogP contribution in [0.3, 0.4) is 0 Å². The van der Waals surface area contributed by atoms with Crippen molar-refractivity contribution >= 4 is 11.9 Å². The van der Waals surface area contributed by atoms with Crippen LogP contribution in [0.2, 0.25) is 0 Å². The van der Waals surface area contributed by atoms with Crippen molar-refractivity contribution in [1.82, 2.24) is 5.32 Å². The highest BCUT2D eigenvalue weighted by molar-refractivity contribution is 5.84. The van der Waals surface area contributed by atoms with Crippen molar-refractivity contribution < 1.29 is 19.4 Å². The molecule has 0 aliphatic heterocycles. The second kappa shape index (κ2) is 7.56. The number of nitrogens with one attached hydrogen (secondary N) is 1. The lowest BCUT2D eigenvalue weighted by atomic mass is 9.78. The van der Waals surface area contributed by atoms with Gasteiger partial charge in [0.25, 0.3) is 0 Å². The van der Waals surface area contributed by atoms with Crippen molar-refractivity contribution in [3.8, 4) is 0 Å². The van der Waals surface area contributed by atoms with Gasteiger partial charge in [0.2, 0.25) is 0 Å². The smallest absolute Gasteiger partial charge is 0.407 e. The van der Waals surface area contributed by atoms with Gasteiger partial charge >= 0.3 is 6.09 Å². The van der Waals surface area contributed by atoms with Gasteiger partial charge in [-0.15, -0.1) is 0 Å². The number of hydrogen-bond donors (Lipinski definition) is 2. The molecular weight excluding hydrogens is 318 g/mol. The first-order valence-corrected chi connectivity index (χ1v) is 8.88. The highest BCUT2D eigenvalue weighted by Crippen LogP contribution is 2.34. The molecule has 1 fully saturated rings. The Hall–Kier alpha value is -1.88. The van der Waals surface area contributed by atoms with Crippen LogP contribution < -0.4 is 5.32 Å². The molecule has 0 heterocycles. The van der Waals surface area contributed by atoms with Crippen LogP contribution in [0, 0.1) is 5.92 Å². The molecule has 5 nitrogen and oxygen atoms in total. The lowest BCUT2D eigenvalue weighted by Crippen LogP contribution is -2.57. The summed E-state index contributed by atoms with van der Waals surface area (Å²) in [4.78, 5) is 24.5. The van der Waals surface area contributed by atoms with Gasteiger partial charge in [0.05, 0.1) is 11.6 Å². The summed E-state index contributed by atoms with van der Waals surface area (Å²) in [5.41, 5.74) is -0.981. The molecule has 2 rings (SSSR count). The molecule has 2 unspecified atom stereocenters.